The monoisotopic (exact) mass is 246 g/mol. The molecule has 2 rings (SSSR count). The van der Waals surface area contributed by atoms with Gasteiger partial charge in [-0.2, -0.15) is 0 Å². The van der Waals surface area contributed by atoms with Gasteiger partial charge in [-0.1, -0.05) is 49.6 Å². The van der Waals surface area contributed by atoms with Gasteiger partial charge < -0.3 is 5.11 Å². The highest BCUT2D eigenvalue weighted by atomic mass is 16.4. The zero-order chi connectivity index (χ0) is 13.0. The lowest BCUT2D eigenvalue weighted by atomic mass is 9.82. The summed E-state index contributed by atoms with van der Waals surface area (Å²) in [6.45, 7) is 0. The smallest absolute Gasteiger partial charge is 0.307 e. The minimum absolute atomic E-state index is 0.00935. The molecule has 0 spiro atoms. The highest BCUT2D eigenvalue weighted by Gasteiger charge is 2.34. The molecule has 96 valence electrons. The van der Waals surface area contributed by atoms with Gasteiger partial charge in [0.1, 0.15) is 0 Å². The third-order valence-corrected chi connectivity index (χ3v) is 3.73. The molecule has 1 aliphatic carbocycles. The molecule has 3 heteroatoms. The van der Waals surface area contributed by atoms with Crippen LogP contribution in [0.4, 0.5) is 0 Å². The van der Waals surface area contributed by atoms with Crippen LogP contribution in [0.5, 0.6) is 0 Å². The Hall–Kier alpha value is -1.64. The minimum atomic E-state index is -0.828. The predicted molar refractivity (Wildman–Crippen MR) is 68.5 cm³/mol. The molecule has 0 aromatic heterocycles. The molecule has 0 radical (unpaired) electrons. The van der Waals surface area contributed by atoms with E-state index in [4.69, 9.17) is 0 Å². The number of Topliss-reactive ketones (excluding diaryl/α,β-unsaturated/α-hetero) is 1. The number of carboxylic acids is 1. The first kappa shape index (κ1) is 12.8. The van der Waals surface area contributed by atoms with Gasteiger partial charge in [-0.3, -0.25) is 9.59 Å². The van der Waals surface area contributed by atoms with Crippen molar-refractivity contribution < 1.29 is 14.7 Å². The molecular weight excluding hydrogens is 228 g/mol. The molecule has 1 N–H and O–H groups in total. The summed E-state index contributed by atoms with van der Waals surface area (Å²) in [7, 11) is 0. The van der Waals surface area contributed by atoms with Crippen molar-refractivity contribution in [1.29, 1.82) is 0 Å². The van der Waals surface area contributed by atoms with Gasteiger partial charge in [0, 0.05) is 11.5 Å². The second kappa shape index (κ2) is 5.80. The third kappa shape index (κ3) is 2.78. The van der Waals surface area contributed by atoms with Crippen molar-refractivity contribution in [1.82, 2.24) is 0 Å². The molecule has 0 heterocycles. The number of rotatable bonds is 3. The second-order valence-corrected chi connectivity index (χ2v) is 4.92. The van der Waals surface area contributed by atoms with E-state index in [1.807, 2.05) is 18.2 Å². The summed E-state index contributed by atoms with van der Waals surface area (Å²) in [6.07, 6.45) is 4.22. The van der Waals surface area contributed by atoms with E-state index in [0.717, 1.165) is 19.3 Å². The summed E-state index contributed by atoms with van der Waals surface area (Å²) < 4.78 is 0. The average Bonchev–Trinajstić information content (AvgIpc) is 2.64. The average molecular weight is 246 g/mol. The Balaban J connectivity index is 2.22. The third-order valence-electron chi connectivity index (χ3n) is 3.73. The second-order valence-electron chi connectivity index (χ2n) is 4.92. The summed E-state index contributed by atoms with van der Waals surface area (Å²) in [5, 5.41) is 9.28. The maximum absolute atomic E-state index is 12.4. The summed E-state index contributed by atoms with van der Waals surface area (Å²) in [4.78, 5) is 23.7. The van der Waals surface area contributed by atoms with E-state index in [1.54, 1.807) is 12.1 Å². The normalized spacial score (nSPS) is 24.2. The van der Waals surface area contributed by atoms with E-state index in [2.05, 4.69) is 0 Å². The zero-order valence-electron chi connectivity index (χ0n) is 10.3. The number of benzene rings is 1. The van der Waals surface area contributed by atoms with Gasteiger partial charge in [0.05, 0.1) is 5.92 Å². The highest BCUT2D eigenvalue weighted by molar-refractivity contribution is 5.99. The molecule has 0 bridgehead atoms. The molecule has 18 heavy (non-hydrogen) atoms. The van der Waals surface area contributed by atoms with Crippen LogP contribution < -0.4 is 0 Å². The molecule has 1 aromatic rings. The highest BCUT2D eigenvalue weighted by Crippen LogP contribution is 2.31. The molecule has 0 saturated heterocycles. The largest absolute Gasteiger partial charge is 0.481 e. The molecule has 3 nitrogen and oxygen atoms in total. The first-order chi connectivity index (χ1) is 8.70. The van der Waals surface area contributed by atoms with Crippen molar-refractivity contribution in [3.63, 3.8) is 0 Å². The van der Waals surface area contributed by atoms with Gasteiger partial charge in [-0.05, 0) is 12.8 Å². The number of hydrogen-bond acceptors (Lipinski definition) is 2. The van der Waals surface area contributed by atoms with E-state index >= 15 is 0 Å². The van der Waals surface area contributed by atoms with Gasteiger partial charge in [-0.15, -0.1) is 0 Å². The standard InChI is InChI=1S/C15H18O3/c16-14(11-7-3-1-4-8-11)12-9-5-2-6-10-13(12)15(17)18/h1,3-4,7-8,12-13H,2,5-6,9-10H2,(H,17,18)/t12-,13+/m1/s1. The van der Waals surface area contributed by atoms with Gasteiger partial charge in [-0.25, -0.2) is 0 Å². The lowest BCUT2D eigenvalue weighted by Gasteiger charge is -2.20. The van der Waals surface area contributed by atoms with Crippen LogP contribution in [0.15, 0.2) is 30.3 Å². The van der Waals surface area contributed by atoms with Crippen molar-refractivity contribution in [2.75, 3.05) is 0 Å². The fourth-order valence-electron chi connectivity index (χ4n) is 2.73. The number of aliphatic carboxylic acids is 1. The maximum atomic E-state index is 12.4. The fourth-order valence-corrected chi connectivity index (χ4v) is 2.73. The van der Waals surface area contributed by atoms with Crippen LogP contribution in [0.1, 0.15) is 42.5 Å². The van der Waals surface area contributed by atoms with Crippen LogP contribution in [-0.4, -0.2) is 16.9 Å². The summed E-state index contributed by atoms with van der Waals surface area (Å²) in [5.41, 5.74) is 0.635. The summed E-state index contributed by atoms with van der Waals surface area (Å²) in [5.74, 6) is -1.70. The quantitative estimate of drug-likeness (QED) is 0.658. The lowest BCUT2D eigenvalue weighted by Crippen LogP contribution is -2.29. The number of hydrogen-bond donors (Lipinski definition) is 1. The van der Waals surface area contributed by atoms with Crippen molar-refractivity contribution in [2.24, 2.45) is 11.8 Å². The Morgan fingerprint density at radius 2 is 1.56 bits per heavy atom. The Morgan fingerprint density at radius 3 is 2.17 bits per heavy atom. The number of ketones is 1. The van der Waals surface area contributed by atoms with E-state index in [0.29, 0.717) is 18.4 Å². The molecule has 0 unspecified atom stereocenters. The number of carbonyl (C=O) groups is 2. The van der Waals surface area contributed by atoms with Gasteiger partial charge >= 0.3 is 5.97 Å². The van der Waals surface area contributed by atoms with Crippen LogP contribution in [0.3, 0.4) is 0 Å². The van der Waals surface area contributed by atoms with Crippen LogP contribution in [0.2, 0.25) is 0 Å². The Kier molecular flexibility index (Phi) is 4.13. The summed E-state index contributed by atoms with van der Waals surface area (Å²) >= 11 is 0. The molecule has 2 atom stereocenters. The minimum Gasteiger partial charge on any atom is -0.481 e. The zero-order valence-corrected chi connectivity index (χ0v) is 10.3. The Bertz CT molecular complexity index is 425. The Labute approximate surface area is 107 Å². The van der Waals surface area contributed by atoms with E-state index in [9.17, 15) is 14.7 Å². The molecule has 0 amide bonds. The van der Waals surface area contributed by atoms with Crippen molar-refractivity contribution in [3.05, 3.63) is 35.9 Å². The van der Waals surface area contributed by atoms with E-state index < -0.39 is 11.9 Å². The van der Waals surface area contributed by atoms with Crippen LogP contribution >= 0.6 is 0 Å². The molecular formula is C15H18O3. The van der Waals surface area contributed by atoms with E-state index in [1.165, 1.54) is 0 Å². The maximum Gasteiger partial charge on any atom is 0.307 e. The van der Waals surface area contributed by atoms with Gasteiger partial charge in [0.25, 0.3) is 0 Å². The topological polar surface area (TPSA) is 54.4 Å². The Morgan fingerprint density at radius 1 is 0.944 bits per heavy atom. The van der Waals surface area contributed by atoms with Crippen LogP contribution in [0.25, 0.3) is 0 Å². The molecule has 0 aliphatic heterocycles. The van der Waals surface area contributed by atoms with Crippen LogP contribution in [-0.2, 0) is 4.79 Å². The molecule has 1 aromatic carbocycles. The molecule has 1 aliphatic rings. The van der Waals surface area contributed by atoms with Crippen molar-refractivity contribution >= 4 is 11.8 Å². The summed E-state index contributed by atoms with van der Waals surface area (Å²) in [6, 6.07) is 9.04. The van der Waals surface area contributed by atoms with Crippen LogP contribution in [0, 0.1) is 11.8 Å². The first-order valence-electron chi connectivity index (χ1n) is 6.52. The SMILES string of the molecule is O=C(O)[C@H]1CCCCC[C@H]1C(=O)c1ccccc1. The fraction of sp³-hybridized carbons (Fsp3) is 0.467. The van der Waals surface area contributed by atoms with Crippen molar-refractivity contribution in [2.45, 2.75) is 32.1 Å². The molecule has 1 saturated carbocycles. The van der Waals surface area contributed by atoms with Gasteiger partial charge in [0.2, 0.25) is 0 Å². The molecule has 1 fully saturated rings. The van der Waals surface area contributed by atoms with Crippen molar-refractivity contribution in [3.8, 4) is 0 Å². The number of carbonyl (C=O) groups excluding carboxylic acids is 1. The van der Waals surface area contributed by atoms with E-state index in [-0.39, 0.29) is 11.7 Å². The first-order valence-corrected chi connectivity index (χ1v) is 6.52. The lowest BCUT2D eigenvalue weighted by molar-refractivity contribution is -0.143. The predicted octanol–water partition coefficient (Wildman–Crippen LogP) is 3.15. The van der Waals surface area contributed by atoms with Gasteiger partial charge in [0.15, 0.2) is 5.78 Å². The number of carboxylic acid groups (broad SMARTS) is 1.